The second-order valence-corrected chi connectivity index (χ2v) is 6.17. The highest BCUT2D eigenvalue weighted by molar-refractivity contribution is 7.14. The summed E-state index contributed by atoms with van der Waals surface area (Å²) in [4.78, 5) is 4.68. The average Bonchev–Trinajstić information content (AvgIpc) is 3.04. The number of rotatable bonds is 3. The maximum Gasteiger partial charge on any atom is 0.187 e. The van der Waals surface area contributed by atoms with E-state index in [0.717, 1.165) is 27.8 Å². The molecule has 0 fully saturated rings. The molecular formula is C19H15N3S. The van der Waals surface area contributed by atoms with Crippen molar-refractivity contribution in [2.75, 3.05) is 11.1 Å². The summed E-state index contributed by atoms with van der Waals surface area (Å²) >= 11 is 1.60. The molecule has 0 aliphatic heterocycles. The predicted molar refractivity (Wildman–Crippen MR) is 99.2 cm³/mol. The monoisotopic (exact) mass is 317 g/mol. The van der Waals surface area contributed by atoms with E-state index in [9.17, 15) is 0 Å². The summed E-state index contributed by atoms with van der Waals surface area (Å²) in [6, 6.07) is 22.4. The quantitative estimate of drug-likeness (QED) is 0.505. The molecule has 112 valence electrons. The third-order valence-electron chi connectivity index (χ3n) is 3.74. The number of nitrogens with zero attached hydrogens (tertiary/aromatic N) is 1. The van der Waals surface area contributed by atoms with E-state index in [1.54, 1.807) is 11.3 Å². The van der Waals surface area contributed by atoms with Crippen molar-refractivity contribution in [2.24, 2.45) is 0 Å². The summed E-state index contributed by atoms with van der Waals surface area (Å²) in [7, 11) is 0. The van der Waals surface area contributed by atoms with Gasteiger partial charge in [-0.3, -0.25) is 0 Å². The first kappa shape index (κ1) is 13.8. The Labute approximate surface area is 138 Å². The molecule has 0 amide bonds. The van der Waals surface area contributed by atoms with Gasteiger partial charge in [-0.25, -0.2) is 4.98 Å². The van der Waals surface area contributed by atoms with E-state index < -0.39 is 0 Å². The number of nitrogen functional groups attached to an aromatic ring is 1. The molecule has 1 aromatic heterocycles. The summed E-state index contributed by atoms with van der Waals surface area (Å²) in [5, 5.41) is 8.78. The van der Waals surface area contributed by atoms with Gasteiger partial charge in [0.05, 0.1) is 5.69 Å². The third kappa shape index (κ3) is 2.76. The van der Waals surface area contributed by atoms with Gasteiger partial charge in [0.25, 0.3) is 0 Å². The van der Waals surface area contributed by atoms with Crippen LogP contribution in [0.3, 0.4) is 0 Å². The van der Waals surface area contributed by atoms with E-state index in [1.165, 1.54) is 10.8 Å². The minimum absolute atomic E-state index is 0.762. The molecule has 0 saturated heterocycles. The number of aromatic nitrogens is 1. The van der Waals surface area contributed by atoms with Gasteiger partial charge in [-0.05, 0) is 23.6 Å². The number of fused-ring (bicyclic) bond motifs is 1. The molecule has 3 aromatic carbocycles. The Morgan fingerprint density at radius 1 is 0.870 bits per heavy atom. The molecule has 3 nitrogen and oxygen atoms in total. The third-order valence-corrected chi connectivity index (χ3v) is 4.50. The van der Waals surface area contributed by atoms with Gasteiger partial charge in [-0.1, -0.05) is 48.5 Å². The van der Waals surface area contributed by atoms with Crippen molar-refractivity contribution < 1.29 is 0 Å². The Kier molecular flexibility index (Phi) is 3.44. The first-order chi connectivity index (χ1) is 11.3. The molecule has 4 rings (SSSR count). The molecule has 4 aromatic rings. The van der Waals surface area contributed by atoms with Crippen LogP contribution in [-0.2, 0) is 0 Å². The minimum Gasteiger partial charge on any atom is -0.399 e. The van der Waals surface area contributed by atoms with Gasteiger partial charge in [-0.15, -0.1) is 11.3 Å². The number of anilines is 3. The van der Waals surface area contributed by atoms with Crippen LogP contribution in [0.1, 0.15) is 0 Å². The van der Waals surface area contributed by atoms with E-state index in [0.29, 0.717) is 0 Å². The van der Waals surface area contributed by atoms with E-state index in [4.69, 9.17) is 5.73 Å². The Balaban J connectivity index is 1.66. The lowest BCUT2D eigenvalue weighted by Gasteiger charge is -2.07. The van der Waals surface area contributed by atoms with Gasteiger partial charge < -0.3 is 11.1 Å². The van der Waals surface area contributed by atoms with Crippen molar-refractivity contribution in [3.8, 4) is 11.3 Å². The highest BCUT2D eigenvalue weighted by Crippen LogP contribution is 2.30. The number of hydrogen-bond donors (Lipinski definition) is 2. The van der Waals surface area contributed by atoms with Crippen molar-refractivity contribution in [3.63, 3.8) is 0 Å². The Hall–Kier alpha value is -2.85. The molecule has 3 N–H and O–H groups in total. The number of nitrogens with one attached hydrogen (secondary N) is 1. The highest BCUT2D eigenvalue weighted by Gasteiger charge is 2.06. The van der Waals surface area contributed by atoms with Crippen LogP contribution in [0.5, 0.6) is 0 Å². The molecule has 23 heavy (non-hydrogen) atoms. The van der Waals surface area contributed by atoms with Crippen molar-refractivity contribution >= 4 is 38.6 Å². The fourth-order valence-corrected chi connectivity index (χ4v) is 3.30. The van der Waals surface area contributed by atoms with Crippen LogP contribution in [0.2, 0.25) is 0 Å². The van der Waals surface area contributed by atoms with Crippen molar-refractivity contribution in [3.05, 3.63) is 72.1 Å². The molecule has 0 spiro atoms. The Bertz CT molecular complexity index is 952. The van der Waals surface area contributed by atoms with Crippen molar-refractivity contribution in [2.45, 2.75) is 0 Å². The zero-order valence-corrected chi connectivity index (χ0v) is 13.2. The molecule has 0 aliphatic carbocycles. The molecule has 4 heteroatoms. The fraction of sp³-hybridized carbons (Fsp3) is 0. The lowest BCUT2D eigenvalue weighted by atomic mass is 10.1. The molecule has 0 aliphatic rings. The number of hydrogen-bond acceptors (Lipinski definition) is 4. The number of nitrogens with two attached hydrogens (primary N) is 1. The van der Waals surface area contributed by atoms with E-state index in [-0.39, 0.29) is 0 Å². The van der Waals surface area contributed by atoms with Crippen LogP contribution in [0.25, 0.3) is 22.0 Å². The van der Waals surface area contributed by atoms with E-state index in [1.807, 2.05) is 24.3 Å². The van der Waals surface area contributed by atoms with E-state index >= 15 is 0 Å². The maximum atomic E-state index is 5.73. The minimum atomic E-state index is 0.762. The highest BCUT2D eigenvalue weighted by atomic mass is 32.1. The summed E-state index contributed by atoms with van der Waals surface area (Å²) in [6.07, 6.45) is 0. The summed E-state index contributed by atoms with van der Waals surface area (Å²) in [5.41, 5.74) is 9.59. The normalized spacial score (nSPS) is 10.8. The second-order valence-electron chi connectivity index (χ2n) is 5.31. The summed E-state index contributed by atoms with van der Waals surface area (Å²) in [5.74, 6) is 0. The van der Waals surface area contributed by atoms with Crippen LogP contribution in [0.15, 0.2) is 72.1 Å². The lowest BCUT2D eigenvalue weighted by molar-refractivity contribution is 1.39. The van der Waals surface area contributed by atoms with Crippen LogP contribution in [0.4, 0.5) is 16.5 Å². The maximum absolute atomic E-state index is 5.73. The SMILES string of the molecule is Nc1ccc(-c2csc(Nc3cccc4ccccc34)n2)cc1. The Morgan fingerprint density at radius 3 is 2.52 bits per heavy atom. The standard InChI is InChI=1S/C19H15N3S/c20-15-10-8-14(9-11-15)18-12-23-19(22-18)21-17-7-3-5-13-4-1-2-6-16(13)17/h1-12H,20H2,(H,21,22). The van der Waals surface area contributed by atoms with Crippen molar-refractivity contribution in [1.82, 2.24) is 4.98 Å². The average molecular weight is 317 g/mol. The van der Waals surface area contributed by atoms with Gasteiger partial charge in [-0.2, -0.15) is 0 Å². The lowest BCUT2D eigenvalue weighted by Crippen LogP contribution is -1.91. The van der Waals surface area contributed by atoms with Crippen LogP contribution >= 0.6 is 11.3 Å². The summed E-state index contributed by atoms with van der Waals surface area (Å²) in [6.45, 7) is 0. The largest absolute Gasteiger partial charge is 0.399 e. The predicted octanol–water partition coefficient (Wildman–Crippen LogP) is 5.29. The van der Waals surface area contributed by atoms with Gasteiger partial charge >= 0.3 is 0 Å². The van der Waals surface area contributed by atoms with E-state index in [2.05, 4.69) is 58.1 Å². The Morgan fingerprint density at radius 2 is 1.65 bits per heavy atom. The molecule has 0 atom stereocenters. The molecular weight excluding hydrogens is 302 g/mol. The zero-order valence-electron chi connectivity index (χ0n) is 12.4. The topological polar surface area (TPSA) is 50.9 Å². The molecule has 0 bridgehead atoms. The zero-order chi connectivity index (χ0) is 15.6. The molecule has 0 unspecified atom stereocenters. The van der Waals surface area contributed by atoms with Crippen LogP contribution in [-0.4, -0.2) is 4.98 Å². The second kappa shape index (κ2) is 5.74. The molecule has 0 saturated carbocycles. The molecule has 0 radical (unpaired) electrons. The number of benzene rings is 3. The van der Waals surface area contributed by atoms with Crippen LogP contribution < -0.4 is 11.1 Å². The first-order valence-electron chi connectivity index (χ1n) is 7.36. The molecule has 1 heterocycles. The van der Waals surface area contributed by atoms with Crippen molar-refractivity contribution in [1.29, 1.82) is 0 Å². The van der Waals surface area contributed by atoms with Gasteiger partial charge in [0.2, 0.25) is 0 Å². The van der Waals surface area contributed by atoms with Crippen LogP contribution in [0, 0.1) is 0 Å². The smallest absolute Gasteiger partial charge is 0.187 e. The fourth-order valence-electron chi connectivity index (χ4n) is 2.57. The van der Waals surface area contributed by atoms with Gasteiger partial charge in [0, 0.05) is 27.7 Å². The van der Waals surface area contributed by atoms with Gasteiger partial charge in [0.15, 0.2) is 5.13 Å². The number of thiazole rings is 1. The summed E-state index contributed by atoms with van der Waals surface area (Å²) < 4.78 is 0. The first-order valence-corrected chi connectivity index (χ1v) is 8.24. The van der Waals surface area contributed by atoms with Gasteiger partial charge in [0.1, 0.15) is 0 Å².